The van der Waals surface area contributed by atoms with Gasteiger partial charge in [0.1, 0.15) is 5.75 Å². The van der Waals surface area contributed by atoms with Crippen molar-refractivity contribution in [3.63, 3.8) is 0 Å². The molecule has 3 rings (SSSR count). The van der Waals surface area contributed by atoms with E-state index in [1.54, 1.807) is 13.3 Å². The van der Waals surface area contributed by atoms with Gasteiger partial charge in [-0.2, -0.15) is 5.10 Å². The molecule has 0 aliphatic heterocycles. The Labute approximate surface area is 146 Å². The van der Waals surface area contributed by atoms with Gasteiger partial charge in [-0.1, -0.05) is 31.2 Å². The van der Waals surface area contributed by atoms with Gasteiger partial charge >= 0.3 is 5.97 Å². The second kappa shape index (κ2) is 7.21. The minimum Gasteiger partial charge on any atom is -0.496 e. The number of ether oxygens (including phenoxy) is 1. The molecule has 0 fully saturated rings. The van der Waals surface area contributed by atoms with Gasteiger partial charge in [0, 0.05) is 17.3 Å². The van der Waals surface area contributed by atoms with Crippen molar-refractivity contribution in [3.05, 3.63) is 66.5 Å². The molecule has 0 amide bonds. The molecule has 1 heterocycles. The van der Waals surface area contributed by atoms with Crippen LogP contribution in [0.15, 0.2) is 60.9 Å². The minimum absolute atomic E-state index is 0.0775. The zero-order valence-corrected chi connectivity index (χ0v) is 14.2. The Kier molecular flexibility index (Phi) is 4.84. The lowest BCUT2D eigenvalue weighted by Crippen LogP contribution is -2.03. The molecule has 1 N–H and O–H groups in total. The van der Waals surface area contributed by atoms with Gasteiger partial charge in [0.25, 0.3) is 0 Å². The molecule has 5 heteroatoms. The zero-order chi connectivity index (χ0) is 17.8. The number of aromatic nitrogens is 2. The van der Waals surface area contributed by atoms with Crippen LogP contribution in [0.25, 0.3) is 16.8 Å². The number of benzene rings is 2. The van der Waals surface area contributed by atoms with Crippen molar-refractivity contribution in [1.29, 1.82) is 0 Å². The molecule has 0 bridgehead atoms. The minimum atomic E-state index is -0.804. The van der Waals surface area contributed by atoms with Gasteiger partial charge in [0.15, 0.2) is 0 Å². The Morgan fingerprint density at radius 1 is 1.24 bits per heavy atom. The molecule has 1 unspecified atom stereocenters. The smallest absolute Gasteiger partial charge is 0.303 e. The SMILES string of the molecule is COc1ccc(C(C)CC(=O)O)cc1-c1cnn(-c2ccccc2)c1. The molecule has 0 saturated heterocycles. The van der Waals surface area contributed by atoms with Gasteiger partial charge in [-0.05, 0) is 35.7 Å². The number of hydrogen-bond acceptors (Lipinski definition) is 3. The van der Waals surface area contributed by atoms with E-state index in [1.165, 1.54) is 0 Å². The molecule has 0 aliphatic carbocycles. The summed E-state index contributed by atoms with van der Waals surface area (Å²) < 4.78 is 7.28. The maximum absolute atomic E-state index is 11.0. The first-order valence-corrected chi connectivity index (χ1v) is 8.08. The summed E-state index contributed by atoms with van der Waals surface area (Å²) in [5.74, 6) is -0.146. The van der Waals surface area contributed by atoms with Gasteiger partial charge in [0.2, 0.25) is 0 Å². The average molecular weight is 336 g/mol. The van der Waals surface area contributed by atoms with Crippen LogP contribution in [0, 0.1) is 0 Å². The second-order valence-electron chi connectivity index (χ2n) is 5.97. The highest BCUT2D eigenvalue weighted by atomic mass is 16.5. The molecule has 0 saturated carbocycles. The Balaban J connectivity index is 1.98. The predicted molar refractivity (Wildman–Crippen MR) is 96.2 cm³/mol. The fraction of sp³-hybridized carbons (Fsp3) is 0.200. The molecule has 0 spiro atoms. The number of para-hydroxylation sites is 1. The molecule has 128 valence electrons. The highest BCUT2D eigenvalue weighted by molar-refractivity contribution is 5.72. The molecule has 5 nitrogen and oxygen atoms in total. The lowest BCUT2D eigenvalue weighted by molar-refractivity contribution is -0.137. The molecular formula is C20H20N2O3. The van der Waals surface area contributed by atoms with E-state index in [4.69, 9.17) is 9.84 Å². The highest BCUT2D eigenvalue weighted by Gasteiger charge is 2.15. The highest BCUT2D eigenvalue weighted by Crippen LogP contribution is 2.33. The van der Waals surface area contributed by atoms with E-state index in [0.717, 1.165) is 28.1 Å². The Morgan fingerprint density at radius 3 is 2.68 bits per heavy atom. The lowest BCUT2D eigenvalue weighted by Gasteiger charge is -2.13. The number of carbonyl (C=O) groups is 1. The Bertz CT molecular complexity index is 872. The molecule has 0 radical (unpaired) electrons. The number of carboxylic acids is 1. The Hall–Kier alpha value is -3.08. The van der Waals surface area contributed by atoms with Crippen molar-refractivity contribution < 1.29 is 14.6 Å². The van der Waals surface area contributed by atoms with Crippen LogP contribution < -0.4 is 4.74 Å². The average Bonchev–Trinajstić information content (AvgIpc) is 3.11. The van der Waals surface area contributed by atoms with Crippen LogP contribution in [0.5, 0.6) is 5.75 Å². The first kappa shape index (κ1) is 16.8. The van der Waals surface area contributed by atoms with Crippen molar-refractivity contribution in [2.75, 3.05) is 7.11 Å². The summed E-state index contributed by atoms with van der Waals surface area (Å²) in [5, 5.41) is 13.5. The Morgan fingerprint density at radius 2 is 2.00 bits per heavy atom. The number of rotatable bonds is 6. The summed E-state index contributed by atoms with van der Waals surface area (Å²) >= 11 is 0. The van der Waals surface area contributed by atoms with E-state index >= 15 is 0 Å². The van der Waals surface area contributed by atoms with Crippen LogP contribution in [0.2, 0.25) is 0 Å². The van der Waals surface area contributed by atoms with Crippen LogP contribution in [-0.4, -0.2) is 28.0 Å². The number of methoxy groups -OCH3 is 1. The van der Waals surface area contributed by atoms with Gasteiger partial charge in [-0.25, -0.2) is 4.68 Å². The molecule has 2 aromatic carbocycles. The summed E-state index contributed by atoms with van der Waals surface area (Å²) in [7, 11) is 1.63. The summed E-state index contributed by atoms with van der Waals surface area (Å²) in [4.78, 5) is 11.0. The van der Waals surface area contributed by atoms with Crippen LogP contribution in [0.1, 0.15) is 24.8 Å². The summed E-state index contributed by atoms with van der Waals surface area (Å²) in [6, 6.07) is 15.6. The topological polar surface area (TPSA) is 64.3 Å². The maximum atomic E-state index is 11.0. The molecule has 25 heavy (non-hydrogen) atoms. The molecule has 0 aliphatic rings. The van der Waals surface area contributed by atoms with Crippen molar-refractivity contribution >= 4 is 5.97 Å². The van der Waals surface area contributed by atoms with E-state index in [9.17, 15) is 4.79 Å². The second-order valence-corrected chi connectivity index (χ2v) is 5.97. The molecule has 1 aromatic heterocycles. The van der Waals surface area contributed by atoms with E-state index in [-0.39, 0.29) is 12.3 Å². The van der Waals surface area contributed by atoms with E-state index in [1.807, 2.05) is 66.3 Å². The number of nitrogens with zero attached hydrogens (tertiary/aromatic N) is 2. The fourth-order valence-electron chi connectivity index (χ4n) is 2.82. The molecular weight excluding hydrogens is 316 g/mol. The monoisotopic (exact) mass is 336 g/mol. The van der Waals surface area contributed by atoms with Crippen LogP contribution in [-0.2, 0) is 4.79 Å². The number of hydrogen-bond donors (Lipinski definition) is 1. The summed E-state index contributed by atoms with van der Waals surface area (Å²) in [5.41, 5.74) is 3.76. The quantitative estimate of drug-likeness (QED) is 0.735. The summed E-state index contributed by atoms with van der Waals surface area (Å²) in [6.45, 7) is 1.91. The van der Waals surface area contributed by atoms with Gasteiger partial charge in [-0.3, -0.25) is 4.79 Å². The third-order valence-electron chi connectivity index (χ3n) is 4.19. The van der Waals surface area contributed by atoms with E-state index in [0.29, 0.717) is 0 Å². The maximum Gasteiger partial charge on any atom is 0.303 e. The predicted octanol–water partition coefficient (Wildman–Crippen LogP) is 4.13. The third-order valence-corrected chi connectivity index (χ3v) is 4.19. The standard InChI is InChI=1S/C20H20N2O3/c1-14(10-20(23)24)15-8-9-19(25-2)18(11-15)16-12-21-22(13-16)17-6-4-3-5-7-17/h3-9,11-14H,10H2,1-2H3,(H,23,24). The van der Waals surface area contributed by atoms with Gasteiger partial charge in [-0.15, -0.1) is 0 Å². The molecule has 3 aromatic rings. The largest absolute Gasteiger partial charge is 0.496 e. The first-order valence-electron chi connectivity index (χ1n) is 8.08. The van der Waals surface area contributed by atoms with E-state index < -0.39 is 5.97 Å². The molecule has 1 atom stereocenters. The van der Waals surface area contributed by atoms with Gasteiger partial charge in [0.05, 0.1) is 25.4 Å². The fourth-order valence-corrected chi connectivity index (χ4v) is 2.82. The van der Waals surface area contributed by atoms with Crippen molar-refractivity contribution in [2.24, 2.45) is 0 Å². The first-order chi connectivity index (χ1) is 12.1. The zero-order valence-electron chi connectivity index (χ0n) is 14.2. The lowest BCUT2D eigenvalue weighted by atomic mass is 9.94. The third kappa shape index (κ3) is 3.71. The van der Waals surface area contributed by atoms with Crippen LogP contribution in [0.4, 0.5) is 0 Å². The van der Waals surface area contributed by atoms with Gasteiger partial charge < -0.3 is 9.84 Å². The van der Waals surface area contributed by atoms with Crippen molar-refractivity contribution in [1.82, 2.24) is 9.78 Å². The van der Waals surface area contributed by atoms with Crippen molar-refractivity contribution in [2.45, 2.75) is 19.3 Å². The number of carboxylic acid groups (broad SMARTS) is 1. The number of aliphatic carboxylic acids is 1. The summed E-state index contributed by atoms with van der Waals surface area (Å²) in [6.07, 6.45) is 3.82. The van der Waals surface area contributed by atoms with Crippen LogP contribution >= 0.6 is 0 Å². The van der Waals surface area contributed by atoms with Crippen molar-refractivity contribution in [3.8, 4) is 22.6 Å². The van der Waals surface area contributed by atoms with E-state index in [2.05, 4.69) is 5.10 Å². The normalized spacial score (nSPS) is 11.9. The van der Waals surface area contributed by atoms with Crippen LogP contribution in [0.3, 0.4) is 0 Å².